The van der Waals surface area contributed by atoms with Crippen LogP contribution in [0.3, 0.4) is 0 Å². The van der Waals surface area contributed by atoms with Crippen LogP contribution in [0.1, 0.15) is 46.0 Å². The van der Waals surface area contributed by atoms with Crippen LogP contribution >= 0.6 is 0 Å². The Morgan fingerprint density at radius 1 is 1.50 bits per heavy atom. The van der Waals surface area contributed by atoms with Crippen molar-refractivity contribution >= 4 is 11.8 Å². The Balaban J connectivity index is 2.20. The highest BCUT2D eigenvalue weighted by Crippen LogP contribution is 2.10. The fraction of sp³-hybridized carbons (Fsp3) is 0.846. The molecule has 1 saturated heterocycles. The van der Waals surface area contributed by atoms with Crippen LogP contribution in [0.25, 0.3) is 0 Å². The van der Waals surface area contributed by atoms with Crippen LogP contribution in [0.15, 0.2) is 0 Å². The molecular weight excluding hydrogens is 230 g/mol. The third-order valence-electron chi connectivity index (χ3n) is 3.36. The summed E-state index contributed by atoms with van der Waals surface area (Å²) in [5.74, 6) is 0.174. The summed E-state index contributed by atoms with van der Waals surface area (Å²) >= 11 is 0. The van der Waals surface area contributed by atoms with Gasteiger partial charge < -0.3 is 16.4 Å². The molecule has 1 rings (SSSR count). The van der Waals surface area contributed by atoms with Crippen LogP contribution in [0, 0.1) is 5.92 Å². The molecule has 104 valence electrons. The number of nitrogens with one attached hydrogen (secondary N) is 2. The number of carbonyl (C=O) groups is 2. The van der Waals surface area contributed by atoms with Crippen LogP contribution in [0.4, 0.5) is 0 Å². The van der Waals surface area contributed by atoms with Gasteiger partial charge in [-0.15, -0.1) is 0 Å². The van der Waals surface area contributed by atoms with Gasteiger partial charge in [0.25, 0.3) is 0 Å². The molecule has 0 spiro atoms. The molecule has 0 aromatic carbocycles. The van der Waals surface area contributed by atoms with E-state index < -0.39 is 0 Å². The van der Waals surface area contributed by atoms with Gasteiger partial charge in [-0.25, -0.2) is 0 Å². The highest BCUT2D eigenvalue weighted by molar-refractivity contribution is 5.80. The minimum absolute atomic E-state index is 0.0152. The van der Waals surface area contributed by atoms with E-state index in [0.29, 0.717) is 13.0 Å². The molecule has 18 heavy (non-hydrogen) atoms. The van der Waals surface area contributed by atoms with Gasteiger partial charge in [-0.2, -0.15) is 0 Å². The zero-order chi connectivity index (χ0) is 13.5. The minimum Gasteiger partial charge on any atom is -0.354 e. The fourth-order valence-electron chi connectivity index (χ4n) is 2.08. The van der Waals surface area contributed by atoms with Gasteiger partial charge in [0.15, 0.2) is 0 Å². The molecule has 1 aliphatic heterocycles. The molecule has 4 N–H and O–H groups in total. The lowest BCUT2D eigenvalue weighted by Gasteiger charge is -2.25. The number of hydrogen-bond donors (Lipinski definition) is 3. The van der Waals surface area contributed by atoms with Crippen LogP contribution in [-0.4, -0.2) is 30.4 Å². The van der Waals surface area contributed by atoms with Gasteiger partial charge in [0.05, 0.1) is 0 Å². The minimum atomic E-state index is 0.0152. The molecule has 3 atom stereocenters. The van der Waals surface area contributed by atoms with E-state index in [1.165, 1.54) is 0 Å². The van der Waals surface area contributed by atoms with Gasteiger partial charge >= 0.3 is 0 Å². The second-order valence-electron chi connectivity index (χ2n) is 5.36. The molecule has 1 heterocycles. The molecular formula is C13H25N3O2. The molecule has 0 radical (unpaired) electrons. The standard InChI is InChI=1S/C13H25N3O2/c1-9(4-3-5-10(2)14)13(18)16-11-6-7-12(17)15-8-11/h9-11H,3-8,14H2,1-2H3,(H,15,17)(H,16,18). The predicted octanol–water partition coefficient (Wildman–Crippen LogP) is 0.535. The van der Waals surface area contributed by atoms with Crippen molar-refractivity contribution in [2.45, 2.75) is 58.0 Å². The second kappa shape index (κ2) is 7.36. The first-order valence-electron chi connectivity index (χ1n) is 6.81. The molecule has 1 aliphatic rings. The van der Waals surface area contributed by atoms with E-state index in [9.17, 15) is 9.59 Å². The third-order valence-corrected chi connectivity index (χ3v) is 3.36. The van der Waals surface area contributed by atoms with Gasteiger partial charge in [0, 0.05) is 31.0 Å². The van der Waals surface area contributed by atoms with E-state index in [0.717, 1.165) is 25.7 Å². The van der Waals surface area contributed by atoms with E-state index in [1.807, 2.05) is 13.8 Å². The summed E-state index contributed by atoms with van der Waals surface area (Å²) in [4.78, 5) is 22.9. The van der Waals surface area contributed by atoms with Gasteiger partial charge in [-0.05, 0) is 26.2 Å². The summed E-state index contributed by atoms with van der Waals surface area (Å²) in [7, 11) is 0. The summed E-state index contributed by atoms with van der Waals surface area (Å²) in [6.07, 6.45) is 4.05. The maximum absolute atomic E-state index is 11.9. The van der Waals surface area contributed by atoms with E-state index >= 15 is 0 Å². The normalized spacial score (nSPS) is 23.1. The van der Waals surface area contributed by atoms with Crippen molar-refractivity contribution in [3.05, 3.63) is 0 Å². The molecule has 0 aliphatic carbocycles. The lowest BCUT2D eigenvalue weighted by molar-refractivity contribution is -0.127. The molecule has 3 unspecified atom stereocenters. The van der Waals surface area contributed by atoms with Crippen molar-refractivity contribution in [1.29, 1.82) is 0 Å². The van der Waals surface area contributed by atoms with Crippen molar-refractivity contribution in [2.75, 3.05) is 6.54 Å². The van der Waals surface area contributed by atoms with Crippen molar-refractivity contribution < 1.29 is 9.59 Å². The first-order chi connectivity index (χ1) is 8.49. The summed E-state index contributed by atoms with van der Waals surface area (Å²) in [6.45, 7) is 4.48. The predicted molar refractivity (Wildman–Crippen MR) is 70.8 cm³/mol. The Hall–Kier alpha value is -1.10. The number of rotatable bonds is 6. The van der Waals surface area contributed by atoms with Gasteiger partial charge in [-0.1, -0.05) is 13.3 Å². The van der Waals surface area contributed by atoms with Crippen LogP contribution < -0.4 is 16.4 Å². The lowest BCUT2D eigenvalue weighted by atomic mass is 10.00. The Bertz CT molecular complexity index is 282. The number of carbonyl (C=O) groups excluding carboxylic acids is 2. The smallest absolute Gasteiger partial charge is 0.223 e. The van der Waals surface area contributed by atoms with Crippen LogP contribution in [0.5, 0.6) is 0 Å². The number of hydrogen-bond acceptors (Lipinski definition) is 3. The Morgan fingerprint density at radius 2 is 2.22 bits per heavy atom. The quantitative estimate of drug-likeness (QED) is 0.647. The average Bonchev–Trinajstić information content (AvgIpc) is 2.31. The molecule has 1 fully saturated rings. The highest BCUT2D eigenvalue weighted by Gasteiger charge is 2.21. The number of piperidine rings is 1. The summed E-state index contributed by atoms with van der Waals surface area (Å²) in [5.41, 5.74) is 5.68. The summed E-state index contributed by atoms with van der Waals surface area (Å²) in [5, 5.41) is 5.76. The zero-order valence-corrected chi connectivity index (χ0v) is 11.4. The zero-order valence-electron chi connectivity index (χ0n) is 11.4. The molecule has 0 saturated carbocycles. The molecule has 5 heteroatoms. The Labute approximate surface area is 109 Å². The number of amides is 2. The van der Waals surface area contributed by atoms with Crippen molar-refractivity contribution in [1.82, 2.24) is 10.6 Å². The molecule has 0 bridgehead atoms. The topological polar surface area (TPSA) is 84.2 Å². The summed E-state index contributed by atoms with van der Waals surface area (Å²) in [6, 6.07) is 0.292. The lowest BCUT2D eigenvalue weighted by Crippen LogP contribution is -2.49. The largest absolute Gasteiger partial charge is 0.354 e. The van der Waals surface area contributed by atoms with E-state index in [-0.39, 0.29) is 29.8 Å². The Kier molecular flexibility index (Phi) is 6.12. The van der Waals surface area contributed by atoms with Gasteiger partial charge in [0.2, 0.25) is 11.8 Å². The molecule has 2 amide bonds. The van der Waals surface area contributed by atoms with E-state index in [2.05, 4.69) is 10.6 Å². The molecule has 5 nitrogen and oxygen atoms in total. The van der Waals surface area contributed by atoms with Crippen molar-refractivity contribution in [3.8, 4) is 0 Å². The van der Waals surface area contributed by atoms with Crippen LogP contribution in [0.2, 0.25) is 0 Å². The maximum atomic E-state index is 11.9. The molecule has 0 aromatic rings. The Morgan fingerprint density at radius 3 is 2.78 bits per heavy atom. The third kappa shape index (κ3) is 5.49. The van der Waals surface area contributed by atoms with E-state index in [4.69, 9.17) is 5.73 Å². The fourth-order valence-corrected chi connectivity index (χ4v) is 2.08. The second-order valence-corrected chi connectivity index (χ2v) is 5.36. The average molecular weight is 255 g/mol. The summed E-state index contributed by atoms with van der Waals surface area (Å²) < 4.78 is 0. The van der Waals surface area contributed by atoms with Crippen LogP contribution in [-0.2, 0) is 9.59 Å². The van der Waals surface area contributed by atoms with Crippen molar-refractivity contribution in [3.63, 3.8) is 0 Å². The maximum Gasteiger partial charge on any atom is 0.223 e. The van der Waals surface area contributed by atoms with Gasteiger partial charge in [0.1, 0.15) is 0 Å². The van der Waals surface area contributed by atoms with Gasteiger partial charge in [-0.3, -0.25) is 9.59 Å². The van der Waals surface area contributed by atoms with Crippen molar-refractivity contribution in [2.24, 2.45) is 11.7 Å². The van der Waals surface area contributed by atoms with E-state index in [1.54, 1.807) is 0 Å². The monoisotopic (exact) mass is 255 g/mol. The molecule has 0 aromatic heterocycles. The first-order valence-corrected chi connectivity index (χ1v) is 6.81. The first kappa shape index (κ1) is 15.0. The number of nitrogens with two attached hydrogens (primary N) is 1. The SMILES string of the molecule is CC(N)CCCC(C)C(=O)NC1CCC(=O)NC1. The highest BCUT2D eigenvalue weighted by atomic mass is 16.2.